The molecule has 0 bridgehead atoms. The molecule has 0 spiro atoms. The summed E-state index contributed by atoms with van der Waals surface area (Å²) in [5, 5.41) is 9.66. The van der Waals surface area contributed by atoms with E-state index in [0.29, 0.717) is 0 Å². The van der Waals surface area contributed by atoms with Gasteiger partial charge in [0.1, 0.15) is 0 Å². The first kappa shape index (κ1) is 11.0. The minimum absolute atomic E-state index is 0.107. The van der Waals surface area contributed by atoms with Crippen LogP contribution in [0.1, 0.15) is 46.0 Å². The van der Waals surface area contributed by atoms with Gasteiger partial charge in [-0.3, -0.25) is 0 Å². The van der Waals surface area contributed by atoms with E-state index in [0.717, 1.165) is 38.2 Å². The van der Waals surface area contributed by atoms with E-state index in [4.69, 9.17) is 4.74 Å². The average molecular weight is 186 g/mol. The van der Waals surface area contributed by atoms with Gasteiger partial charge in [-0.2, -0.15) is 0 Å². The van der Waals surface area contributed by atoms with E-state index in [1.54, 1.807) is 0 Å². The van der Waals surface area contributed by atoms with Crippen LogP contribution in [0.4, 0.5) is 0 Å². The molecule has 1 fully saturated rings. The summed E-state index contributed by atoms with van der Waals surface area (Å²) in [6.45, 7) is 5.20. The van der Waals surface area contributed by atoms with Gasteiger partial charge in [0.15, 0.2) is 0 Å². The van der Waals surface area contributed by atoms with Crippen LogP contribution >= 0.6 is 0 Å². The van der Waals surface area contributed by atoms with Gasteiger partial charge in [0.2, 0.25) is 0 Å². The first-order valence-electron chi connectivity index (χ1n) is 5.53. The summed E-state index contributed by atoms with van der Waals surface area (Å²) in [7, 11) is 0. The largest absolute Gasteiger partial charge is 0.390 e. The molecule has 2 heteroatoms. The molecule has 13 heavy (non-hydrogen) atoms. The maximum atomic E-state index is 9.66. The number of hydrogen-bond donors (Lipinski definition) is 1. The highest BCUT2D eigenvalue weighted by Crippen LogP contribution is 2.26. The second kappa shape index (κ2) is 5.61. The van der Waals surface area contributed by atoms with E-state index in [-0.39, 0.29) is 12.2 Å². The molecule has 1 rings (SSSR count). The molecule has 1 saturated carbocycles. The Hall–Kier alpha value is -0.0800. The van der Waals surface area contributed by atoms with Gasteiger partial charge in [-0.1, -0.05) is 20.3 Å². The van der Waals surface area contributed by atoms with Crippen LogP contribution in [-0.4, -0.2) is 23.9 Å². The third-order valence-electron chi connectivity index (χ3n) is 2.85. The highest BCUT2D eigenvalue weighted by Gasteiger charge is 2.27. The summed E-state index contributed by atoms with van der Waals surface area (Å²) in [5.41, 5.74) is 0. The molecule has 1 aliphatic carbocycles. The van der Waals surface area contributed by atoms with E-state index in [1.807, 2.05) is 0 Å². The Morgan fingerprint density at radius 3 is 2.85 bits per heavy atom. The molecule has 1 aliphatic rings. The maximum absolute atomic E-state index is 9.66. The van der Waals surface area contributed by atoms with Crippen molar-refractivity contribution in [1.82, 2.24) is 0 Å². The average Bonchev–Trinajstić information content (AvgIpc) is 2.11. The summed E-state index contributed by atoms with van der Waals surface area (Å²) < 4.78 is 5.66. The zero-order valence-electron chi connectivity index (χ0n) is 8.83. The van der Waals surface area contributed by atoms with Crippen LogP contribution in [0.2, 0.25) is 0 Å². The van der Waals surface area contributed by atoms with Crippen LogP contribution in [0.3, 0.4) is 0 Å². The number of hydrogen-bond acceptors (Lipinski definition) is 2. The van der Waals surface area contributed by atoms with Gasteiger partial charge >= 0.3 is 0 Å². The van der Waals surface area contributed by atoms with Crippen molar-refractivity contribution in [1.29, 1.82) is 0 Å². The summed E-state index contributed by atoms with van der Waals surface area (Å²) in [5.74, 6) is 0.718. The Morgan fingerprint density at radius 1 is 1.38 bits per heavy atom. The molecule has 0 saturated heterocycles. The van der Waals surface area contributed by atoms with Crippen molar-refractivity contribution in [3.05, 3.63) is 0 Å². The van der Waals surface area contributed by atoms with E-state index in [2.05, 4.69) is 13.8 Å². The molecule has 0 heterocycles. The van der Waals surface area contributed by atoms with Crippen molar-refractivity contribution < 1.29 is 9.84 Å². The van der Waals surface area contributed by atoms with Crippen molar-refractivity contribution >= 4 is 0 Å². The second-order valence-corrected chi connectivity index (χ2v) is 4.25. The predicted octanol–water partition coefficient (Wildman–Crippen LogP) is 2.35. The van der Waals surface area contributed by atoms with Crippen LogP contribution in [0.5, 0.6) is 0 Å². The van der Waals surface area contributed by atoms with Crippen molar-refractivity contribution in [2.24, 2.45) is 5.92 Å². The molecule has 0 radical (unpaired) electrons. The molecule has 0 aromatic carbocycles. The van der Waals surface area contributed by atoms with Gasteiger partial charge in [0.05, 0.1) is 12.2 Å². The molecule has 1 N–H and O–H groups in total. The van der Waals surface area contributed by atoms with Crippen molar-refractivity contribution in [2.75, 3.05) is 6.61 Å². The fourth-order valence-electron chi connectivity index (χ4n) is 1.87. The lowest BCUT2D eigenvalue weighted by molar-refractivity contribution is -0.0699. The second-order valence-electron chi connectivity index (χ2n) is 4.25. The fourth-order valence-corrected chi connectivity index (χ4v) is 1.87. The summed E-state index contributed by atoms with van der Waals surface area (Å²) in [6.07, 6.45) is 5.26. The van der Waals surface area contributed by atoms with Gasteiger partial charge in [-0.05, 0) is 31.6 Å². The summed E-state index contributed by atoms with van der Waals surface area (Å²) in [4.78, 5) is 0. The van der Waals surface area contributed by atoms with Gasteiger partial charge in [-0.15, -0.1) is 0 Å². The fraction of sp³-hybridized carbons (Fsp3) is 1.00. The lowest BCUT2D eigenvalue weighted by atomic mass is 9.86. The van der Waals surface area contributed by atoms with E-state index in [9.17, 15) is 5.11 Å². The molecule has 78 valence electrons. The lowest BCUT2D eigenvalue weighted by Crippen LogP contribution is -2.35. The molecular formula is C11H22O2. The molecule has 0 aromatic heterocycles. The molecule has 3 atom stereocenters. The van der Waals surface area contributed by atoms with Crippen LogP contribution in [0.15, 0.2) is 0 Å². The lowest BCUT2D eigenvalue weighted by Gasteiger charge is -2.31. The van der Waals surface area contributed by atoms with Crippen LogP contribution in [-0.2, 0) is 4.74 Å². The predicted molar refractivity (Wildman–Crippen MR) is 53.7 cm³/mol. The van der Waals surface area contributed by atoms with Crippen molar-refractivity contribution in [2.45, 2.75) is 58.2 Å². The van der Waals surface area contributed by atoms with Gasteiger partial charge in [0.25, 0.3) is 0 Å². The van der Waals surface area contributed by atoms with E-state index >= 15 is 0 Å². The van der Waals surface area contributed by atoms with E-state index < -0.39 is 0 Å². The molecule has 0 amide bonds. The van der Waals surface area contributed by atoms with Crippen molar-refractivity contribution in [3.63, 3.8) is 0 Å². The summed E-state index contributed by atoms with van der Waals surface area (Å²) >= 11 is 0. The normalized spacial score (nSPS) is 34.8. The molecule has 2 nitrogen and oxygen atoms in total. The summed E-state index contributed by atoms with van der Waals surface area (Å²) in [6, 6.07) is 0. The number of unbranched alkanes of at least 4 members (excludes halogenated alkanes) is 1. The van der Waals surface area contributed by atoms with Crippen molar-refractivity contribution in [3.8, 4) is 0 Å². The smallest absolute Gasteiger partial charge is 0.0836 e. The van der Waals surface area contributed by atoms with Crippen LogP contribution in [0, 0.1) is 5.92 Å². The standard InChI is InChI=1S/C11H22O2/c1-3-4-7-13-11-8-9(2)5-6-10(11)12/h9-12H,3-8H2,1-2H3. The van der Waals surface area contributed by atoms with Crippen LogP contribution in [0.25, 0.3) is 0 Å². The minimum Gasteiger partial charge on any atom is -0.390 e. The zero-order chi connectivity index (χ0) is 9.68. The Balaban J connectivity index is 2.21. The van der Waals surface area contributed by atoms with Gasteiger partial charge in [-0.25, -0.2) is 0 Å². The first-order valence-corrected chi connectivity index (χ1v) is 5.53. The minimum atomic E-state index is -0.215. The molecule has 3 unspecified atom stereocenters. The monoisotopic (exact) mass is 186 g/mol. The zero-order valence-corrected chi connectivity index (χ0v) is 8.83. The molecule has 0 aliphatic heterocycles. The topological polar surface area (TPSA) is 29.5 Å². The highest BCUT2D eigenvalue weighted by molar-refractivity contribution is 4.78. The number of aliphatic hydroxyl groups is 1. The molecular weight excluding hydrogens is 164 g/mol. The SMILES string of the molecule is CCCCOC1CC(C)CCC1O. The van der Waals surface area contributed by atoms with E-state index in [1.165, 1.54) is 6.42 Å². The van der Waals surface area contributed by atoms with Gasteiger partial charge < -0.3 is 9.84 Å². The van der Waals surface area contributed by atoms with Crippen LogP contribution < -0.4 is 0 Å². The number of ether oxygens (including phenoxy) is 1. The quantitative estimate of drug-likeness (QED) is 0.683. The highest BCUT2D eigenvalue weighted by atomic mass is 16.5. The maximum Gasteiger partial charge on any atom is 0.0836 e. The Kier molecular flexibility index (Phi) is 4.74. The third kappa shape index (κ3) is 3.65. The Morgan fingerprint density at radius 2 is 2.15 bits per heavy atom. The van der Waals surface area contributed by atoms with Gasteiger partial charge in [0, 0.05) is 6.61 Å². The Bertz CT molecular complexity index is 136. The Labute approximate surface area is 81.3 Å². The number of rotatable bonds is 4. The third-order valence-corrected chi connectivity index (χ3v) is 2.85. The number of aliphatic hydroxyl groups excluding tert-OH is 1. The first-order chi connectivity index (χ1) is 6.24. The molecule has 0 aromatic rings.